The van der Waals surface area contributed by atoms with E-state index in [4.69, 9.17) is 4.74 Å². The van der Waals surface area contributed by atoms with Crippen molar-refractivity contribution < 1.29 is 9.53 Å². The van der Waals surface area contributed by atoms with Crippen LogP contribution in [-0.4, -0.2) is 35.9 Å². The number of hydrogen-bond donors (Lipinski definition) is 1. The number of nitrogens with zero attached hydrogens (tertiary/aromatic N) is 2. The fourth-order valence-corrected chi connectivity index (χ4v) is 2.15. The molecule has 0 saturated heterocycles. The van der Waals surface area contributed by atoms with E-state index < -0.39 is 5.60 Å². The fraction of sp³-hybridized carbons (Fsp3) is 0.818. The van der Waals surface area contributed by atoms with E-state index in [-0.39, 0.29) is 12.1 Å². The molecule has 1 rings (SSSR count). The fourth-order valence-electron chi connectivity index (χ4n) is 1.71. The van der Waals surface area contributed by atoms with Crippen LogP contribution in [0.1, 0.15) is 33.6 Å². The van der Waals surface area contributed by atoms with Crippen molar-refractivity contribution >= 4 is 42.6 Å². The Morgan fingerprint density at radius 2 is 2.17 bits per heavy atom. The average molecular weight is 385 g/mol. The first-order valence-electron chi connectivity index (χ1n) is 5.85. The van der Waals surface area contributed by atoms with Gasteiger partial charge >= 0.3 is 6.09 Å². The lowest BCUT2D eigenvalue weighted by Gasteiger charge is -2.39. The summed E-state index contributed by atoms with van der Waals surface area (Å²) in [6, 6.07) is 0.267. The van der Waals surface area contributed by atoms with Crippen molar-refractivity contribution in [3.63, 3.8) is 0 Å². The van der Waals surface area contributed by atoms with E-state index in [1.807, 2.05) is 27.0 Å². The zero-order chi connectivity index (χ0) is 13.8. The number of carbonyl (C=O) groups excluding carboxylic acids is 1. The molecule has 0 radical (unpaired) electrons. The maximum Gasteiger partial charge on any atom is 0.410 e. The van der Waals surface area contributed by atoms with E-state index in [9.17, 15) is 4.79 Å². The molecule has 1 aliphatic carbocycles. The van der Waals surface area contributed by atoms with Gasteiger partial charge in [0.25, 0.3) is 0 Å². The number of nitrogens with one attached hydrogen (secondary N) is 1. The second-order valence-electron chi connectivity index (χ2n) is 5.42. The smallest absolute Gasteiger partial charge is 0.410 e. The number of halogens is 1. The molecule has 1 N–H and O–H groups in total. The van der Waals surface area contributed by atoms with Gasteiger partial charge in [0.2, 0.25) is 0 Å². The van der Waals surface area contributed by atoms with Gasteiger partial charge in [0.05, 0.1) is 0 Å². The van der Waals surface area contributed by atoms with Crippen molar-refractivity contribution in [2.75, 3.05) is 7.05 Å². The molecule has 5 nitrogen and oxygen atoms in total. The Morgan fingerprint density at radius 3 is 2.67 bits per heavy atom. The van der Waals surface area contributed by atoms with Crippen LogP contribution in [0.15, 0.2) is 5.10 Å². The molecule has 0 aromatic heterocycles. The van der Waals surface area contributed by atoms with Crippen molar-refractivity contribution in [2.45, 2.75) is 45.3 Å². The summed E-state index contributed by atoms with van der Waals surface area (Å²) in [6.07, 6.45) is 3.56. The highest BCUT2D eigenvalue weighted by Crippen LogP contribution is 2.30. The third-order valence-electron chi connectivity index (χ3n) is 2.75. The van der Waals surface area contributed by atoms with E-state index in [1.54, 1.807) is 11.9 Å². The van der Waals surface area contributed by atoms with Crippen LogP contribution in [0.5, 0.6) is 0 Å². The van der Waals surface area contributed by atoms with Gasteiger partial charge in [-0.15, -0.1) is 0 Å². The lowest BCUT2D eigenvalue weighted by Crippen LogP contribution is -2.47. The van der Waals surface area contributed by atoms with Gasteiger partial charge in [0, 0.05) is 49.6 Å². The molecular formula is C11H20IN3O2S. The van der Waals surface area contributed by atoms with Crippen LogP contribution < -0.4 is 4.83 Å². The zero-order valence-corrected chi connectivity index (χ0v) is 14.1. The van der Waals surface area contributed by atoms with Crippen molar-refractivity contribution in [3.05, 3.63) is 0 Å². The van der Waals surface area contributed by atoms with Crippen molar-refractivity contribution in [3.8, 4) is 0 Å². The Hall–Kier alpha value is -0.180. The lowest BCUT2D eigenvalue weighted by molar-refractivity contribution is 0.0114. The molecule has 0 aromatic rings. The minimum absolute atomic E-state index is 0.246. The minimum atomic E-state index is -0.433. The van der Waals surface area contributed by atoms with E-state index in [1.165, 1.54) is 9.12 Å². The van der Waals surface area contributed by atoms with Gasteiger partial charge in [-0.1, -0.05) is 0 Å². The molecule has 1 fully saturated rings. The van der Waals surface area contributed by atoms with Crippen molar-refractivity contribution in [1.29, 1.82) is 0 Å². The second-order valence-corrected chi connectivity index (χ2v) is 7.08. The Labute approximate surface area is 125 Å². The summed E-state index contributed by atoms with van der Waals surface area (Å²) in [7, 11) is 3.23. The van der Waals surface area contributed by atoms with Crippen LogP contribution in [0.3, 0.4) is 0 Å². The molecule has 0 heterocycles. The van der Waals surface area contributed by atoms with Crippen LogP contribution in [-0.2, 0) is 4.74 Å². The van der Waals surface area contributed by atoms with Crippen molar-refractivity contribution in [1.82, 2.24) is 9.73 Å². The Bertz CT molecular complexity index is 314. The number of carbonyl (C=O) groups is 1. The molecule has 1 amide bonds. The molecule has 0 aromatic carbocycles. The number of hydrogen-bond acceptors (Lipinski definition) is 5. The number of rotatable bonds is 4. The summed E-state index contributed by atoms with van der Waals surface area (Å²) in [4.78, 5) is 16.3. The molecule has 104 valence electrons. The van der Waals surface area contributed by atoms with Crippen LogP contribution in [0.25, 0.3) is 0 Å². The second kappa shape index (κ2) is 6.83. The van der Waals surface area contributed by atoms with E-state index in [2.05, 4.69) is 31.1 Å². The van der Waals surface area contributed by atoms with Crippen LogP contribution in [0, 0.1) is 5.92 Å². The summed E-state index contributed by atoms with van der Waals surface area (Å²) in [5.74, 6) is 0.455. The summed E-state index contributed by atoms with van der Waals surface area (Å²) in [6.45, 7) is 5.63. The Balaban J connectivity index is 2.30. The standard InChI is InChI=1S/C11H20IN3O2S/c1-11(2,3)17-10(16)15(4)9-5-8(6-9)7-13-14-18-12/h7-9,14H,5-6H2,1-4H3/b13-7+. The molecule has 0 unspecified atom stereocenters. The molecule has 0 aliphatic heterocycles. The normalized spacial score (nSPS) is 23.6. The van der Waals surface area contributed by atoms with Gasteiger partial charge < -0.3 is 9.64 Å². The molecular weight excluding hydrogens is 365 g/mol. The van der Waals surface area contributed by atoms with Gasteiger partial charge in [-0.3, -0.25) is 0 Å². The number of ether oxygens (including phenoxy) is 1. The first-order chi connectivity index (χ1) is 8.33. The molecule has 0 bridgehead atoms. The summed E-state index contributed by atoms with van der Waals surface area (Å²) in [5, 5.41) is 4.06. The third kappa shape index (κ3) is 5.21. The van der Waals surface area contributed by atoms with E-state index in [0.717, 1.165) is 12.8 Å². The highest BCUT2D eigenvalue weighted by molar-refractivity contribution is 14.2. The largest absolute Gasteiger partial charge is 0.444 e. The maximum atomic E-state index is 11.8. The van der Waals surface area contributed by atoms with E-state index in [0.29, 0.717) is 5.92 Å². The monoisotopic (exact) mass is 385 g/mol. The minimum Gasteiger partial charge on any atom is -0.444 e. The Morgan fingerprint density at radius 1 is 1.56 bits per heavy atom. The van der Waals surface area contributed by atoms with Gasteiger partial charge in [0.15, 0.2) is 0 Å². The molecule has 1 saturated carbocycles. The van der Waals surface area contributed by atoms with E-state index >= 15 is 0 Å². The first kappa shape index (κ1) is 15.9. The van der Waals surface area contributed by atoms with Gasteiger partial charge in [-0.2, -0.15) is 5.10 Å². The van der Waals surface area contributed by atoms with Gasteiger partial charge in [-0.25, -0.2) is 9.63 Å². The quantitative estimate of drug-likeness (QED) is 0.350. The molecule has 0 atom stereocenters. The van der Waals surface area contributed by atoms with Crippen LogP contribution >= 0.6 is 30.3 Å². The van der Waals surface area contributed by atoms with Gasteiger partial charge in [-0.05, 0) is 39.5 Å². The summed E-state index contributed by atoms with van der Waals surface area (Å²) in [5.41, 5.74) is -0.433. The summed E-state index contributed by atoms with van der Waals surface area (Å²) < 4.78 is 5.33. The predicted molar refractivity (Wildman–Crippen MR) is 83.7 cm³/mol. The van der Waals surface area contributed by atoms with Crippen LogP contribution in [0.2, 0.25) is 0 Å². The van der Waals surface area contributed by atoms with Crippen molar-refractivity contribution in [2.24, 2.45) is 11.0 Å². The maximum absolute atomic E-state index is 11.8. The highest BCUT2D eigenvalue weighted by atomic mass is 127. The SMILES string of the molecule is CN(C(=O)OC(C)(C)C)C1CC(/C=N/NSI)C1. The van der Waals surface area contributed by atoms with Gasteiger partial charge in [0.1, 0.15) is 5.60 Å². The first-order valence-corrected chi connectivity index (χ1v) is 9.21. The molecule has 0 spiro atoms. The Kier molecular flexibility index (Phi) is 6.03. The highest BCUT2D eigenvalue weighted by Gasteiger charge is 2.34. The number of amides is 1. The summed E-state index contributed by atoms with van der Waals surface area (Å²) >= 11 is 2.12. The molecule has 1 aliphatic rings. The molecule has 18 heavy (non-hydrogen) atoms. The average Bonchev–Trinajstić information content (AvgIpc) is 2.18. The number of hydrazone groups is 1. The lowest BCUT2D eigenvalue weighted by atomic mass is 9.80. The zero-order valence-electron chi connectivity index (χ0n) is 11.1. The topological polar surface area (TPSA) is 53.9 Å². The third-order valence-corrected chi connectivity index (χ3v) is 3.52. The van der Waals surface area contributed by atoms with Crippen LogP contribution in [0.4, 0.5) is 4.79 Å². The predicted octanol–water partition coefficient (Wildman–Crippen LogP) is 3.21. The molecule has 7 heteroatoms.